The lowest BCUT2D eigenvalue weighted by molar-refractivity contribution is -0.402. The predicted molar refractivity (Wildman–Crippen MR) is 86.5 cm³/mol. The van der Waals surface area contributed by atoms with Crippen LogP contribution in [0.2, 0.25) is 0 Å². The molecule has 0 radical (unpaired) electrons. The van der Waals surface area contributed by atoms with Crippen LogP contribution in [0.1, 0.15) is 25.1 Å². The Morgan fingerprint density at radius 1 is 1.48 bits per heavy atom. The fraction of sp³-hybridized carbons (Fsp3) is 0.538. The van der Waals surface area contributed by atoms with E-state index in [4.69, 9.17) is 4.42 Å². The van der Waals surface area contributed by atoms with Crippen LogP contribution in [0.4, 0.5) is 5.88 Å². The number of nitrogens with one attached hydrogen (secondary N) is 1. The molecule has 0 bridgehead atoms. The zero-order valence-electron chi connectivity index (χ0n) is 11.9. The molecule has 1 aliphatic heterocycles. The van der Waals surface area contributed by atoms with Gasteiger partial charge in [0.2, 0.25) is 0 Å². The predicted octanol–water partition coefficient (Wildman–Crippen LogP) is 2.94. The van der Waals surface area contributed by atoms with Crippen LogP contribution in [0.25, 0.3) is 0 Å². The molecule has 0 spiro atoms. The molecule has 2 heterocycles. The Balaban J connectivity index is 0.00000200. The van der Waals surface area contributed by atoms with Crippen LogP contribution in [0.15, 0.2) is 28.7 Å². The number of hydrogen-bond acceptors (Lipinski definition) is 5. The summed E-state index contributed by atoms with van der Waals surface area (Å²) in [4.78, 5) is 12.5. The van der Waals surface area contributed by atoms with Gasteiger partial charge < -0.3 is 9.73 Å². The van der Waals surface area contributed by atoms with E-state index in [2.05, 4.69) is 16.8 Å². The third kappa shape index (κ3) is 5.32. The van der Waals surface area contributed by atoms with E-state index in [-0.39, 0.29) is 36.7 Å². The van der Waals surface area contributed by atoms with E-state index in [9.17, 15) is 10.1 Å². The minimum Gasteiger partial charge on any atom is -0.404 e. The molecule has 0 aromatic carbocycles. The molecule has 1 aromatic rings. The molecule has 1 N–H and O–H groups in total. The van der Waals surface area contributed by atoms with Crippen molar-refractivity contribution in [3.63, 3.8) is 0 Å². The zero-order valence-corrected chi connectivity index (χ0v) is 13.5. The summed E-state index contributed by atoms with van der Waals surface area (Å²) >= 11 is 0. The molecule has 8 heteroatoms. The summed E-state index contributed by atoms with van der Waals surface area (Å²) in [5.41, 5.74) is 1.04. The van der Waals surface area contributed by atoms with Crippen LogP contribution in [-0.4, -0.2) is 36.0 Å². The van der Waals surface area contributed by atoms with Crippen molar-refractivity contribution in [1.29, 1.82) is 0 Å². The first kappa shape index (κ1) is 19.9. The summed E-state index contributed by atoms with van der Waals surface area (Å²) in [6.45, 7) is 9.57. The van der Waals surface area contributed by atoms with Crippen molar-refractivity contribution in [1.82, 2.24) is 10.2 Å². The summed E-state index contributed by atoms with van der Waals surface area (Å²) in [5.74, 6) is 0.452. The molecule has 1 aliphatic rings. The summed E-state index contributed by atoms with van der Waals surface area (Å²) in [5, 5.41) is 14.0. The highest BCUT2D eigenvalue weighted by atomic mass is 35.5. The molecule has 120 valence electrons. The second-order valence-corrected chi connectivity index (χ2v) is 4.90. The number of hydrogen-bond donors (Lipinski definition) is 1. The van der Waals surface area contributed by atoms with Gasteiger partial charge in [-0.1, -0.05) is 5.57 Å². The van der Waals surface area contributed by atoms with Gasteiger partial charge in [-0.2, -0.15) is 0 Å². The van der Waals surface area contributed by atoms with Gasteiger partial charge in [0.1, 0.15) is 10.7 Å². The Morgan fingerprint density at radius 2 is 2.10 bits per heavy atom. The van der Waals surface area contributed by atoms with Crippen LogP contribution in [0.5, 0.6) is 0 Å². The maximum atomic E-state index is 10.7. The average Bonchev–Trinajstić information content (AvgIpc) is 2.86. The highest BCUT2D eigenvalue weighted by molar-refractivity contribution is 5.85. The molecule has 6 nitrogen and oxygen atoms in total. The molecule has 0 saturated carbocycles. The lowest BCUT2D eigenvalue weighted by Crippen LogP contribution is -2.45. The number of furan rings is 1. The molecule has 2 rings (SSSR count). The van der Waals surface area contributed by atoms with Gasteiger partial charge in [0.15, 0.2) is 0 Å². The SMILES string of the molecule is C=C(C)C[C@H](c1ccc([N+](=O)[O-])o1)N1CCNCC1.Cl.Cl. The van der Waals surface area contributed by atoms with Crippen LogP contribution in [-0.2, 0) is 0 Å². The van der Waals surface area contributed by atoms with E-state index in [1.165, 1.54) is 6.07 Å². The van der Waals surface area contributed by atoms with Crippen molar-refractivity contribution >= 4 is 30.7 Å². The van der Waals surface area contributed by atoms with E-state index < -0.39 is 4.92 Å². The van der Waals surface area contributed by atoms with Crippen molar-refractivity contribution in [3.05, 3.63) is 40.2 Å². The average molecular weight is 338 g/mol. The Bertz CT molecular complexity index is 473. The summed E-state index contributed by atoms with van der Waals surface area (Å²) < 4.78 is 5.36. The quantitative estimate of drug-likeness (QED) is 0.508. The van der Waals surface area contributed by atoms with Crippen LogP contribution in [0.3, 0.4) is 0 Å². The number of nitrogens with zero attached hydrogens (tertiary/aromatic N) is 2. The van der Waals surface area contributed by atoms with Crippen LogP contribution in [0, 0.1) is 10.1 Å². The molecule has 1 aromatic heterocycles. The fourth-order valence-corrected chi connectivity index (χ4v) is 2.35. The van der Waals surface area contributed by atoms with Crippen LogP contribution < -0.4 is 5.32 Å². The van der Waals surface area contributed by atoms with Gasteiger partial charge in [0.05, 0.1) is 12.1 Å². The van der Waals surface area contributed by atoms with Gasteiger partial charge in [-0.15, -0.1) is 31.4 Å². The lowest BCUT2D eigenvalue weighted by Gasteiger charge is -2.33. The molecular weight excluding hydrogens is 317 g/mol. The van der Waals surface area contributed by atoms with E-state index in [0.717, 1.165) is 38.2 Å². The number of nitro groups is 1. The number of piperazine rings is 1. The van der Waals surface area contributed by atoms with Crippen molar-refractivity contribution in [3.8, 4) is 0 Å². The lowest BCUT2D eigenvalue weighted by atomic mass is 10.0. The zero-order chi connectivity index (χ0) is 13.8. The Hall–Kier alpha value is -1.08. The molecule has 21 heavy (non-hydrogen) atoms. The largest absolute Gasteiger partial charge is 0.433 e. The molecule has 1 fully saturated rings. The number of halogens is 2. The summed E-state index contributed by atoms with van der Waals surface area (Å²) in [6.07, 6.45) is 0.755. The monoisotopic (exact) mass is 337 g/mol. The van der Waals surface area contributed by atoms with E-state index in [1.807, 2.05) is 6.92 Å². The first-order valence-corrected chi connectivity index (χ1v) is 6.41. The standard InChI is InChI=1S/C13H19N3O3.2ClH/c1-10(2)9-11(15-7-5-14-6-8-15)12-3-4-13(19-12)16(17)18;;/h3-4,11,14H,1,5-9H2,2H3;2*1H/t11-;;/m1../s1. The summed E-state index contributed by atoms with van der Waals surface area (Å²) in [7, 11) is 0. The summed E-state index contributed by atoms with van der Waals surface area (Å²) in [6, 6.07) is 3.16. The third-order valence-electron chi connectivity index (χ3n) is 3.26. The first-order valence-electron chi connectivity index (χ1n) is 6.41. The fourth-order valence-electron chi connectivity index (χ4n) is 2.35. The highest BCUT2D eigenvalue weighted by Crippen LogP contribution is 2.30. The topological polar surface area (TPSA) is 71.5 Å². The maximum absolute atomic E-state index is 10.7. The van der Waals surface area contributed by atoms with Gasteiger partial charge in [-0.25, -0.2) is 0 Å². The first-order chi connectivity index (χ1) is 9.08. The van der Waals surface area contributed by atoms with Gasteiger partial charge in [-0.05, 0) is 19.4 Å². The second kappa shape index (κ2) is 9.04. The van der Waals surface area contributed by atoms with E-state index in [1.54, 1.807) is 6.07 Å². The van der Waals surface area contributed by atoms with Crippen molar-refractivity contribution in [2.75, 3.05) is 26.2 Å². The Morgan fingerprint density at radius 3 is 2.57 bits per heavy atom. The molecule has 0 aliphatic carbocycles. The smallest absolute Gasteiger partial charge is 0.404 e. The minimum absolute atomic E-state index is 0. The van der Waals surface area contributed by atoms with Gasteiger partial charge >= 0.3 is 5.88 Å². The molecule has 0 unspecified atom stereocenters. The van der Waals surface area contributed by atoms with Crippen LogP contribution >= 0.6 is 24.8 Å². The van der Waals surface area contributed by atoms with Gasteiger partial charge in [-0.3, -0.25) is 15.0 Å². The minimum atomic E-state index is -0.501. The van der Waals surface area contributed by atoms with Crippen molar-refractivity contribution in [2.45, 2.75) is 19.4 Å². The number of rotatable bonds is 5. The van der Waals surface area contributed by atoms with Gasteiger partial charge in [0.25, 0.3) is 0 Å². The van der Waals surface area contributed by atoms with E-state index >= 15 is 0 Å². The van der Waals surface area contributed by atoms with Crippen molar-refractivity contribution < 1.29 is 9.34 Å². The van der Waals surface area contributed by atoms with Gasteiger partial charge in [0, 0.05) is 26.2 Å². The third-order valence-corrected chi connectivity index (χ3v) is 3.26. The highest BCUT2D eigenvalue weighted by Gasteiger charge is 2.26. The molecular formula is C13H21Cl2N3O3. The Kier molecular flexibility index (Phi) is 8.58. The van der Waals surface area contributed by atoms with E-state index in [0.29, 0.717) is 5.76 Å². The molecule has 1 saturated heterocycles. The normalized spacial score (nSPS) is 16.4. The molecule has 0 amide bonds. The Labute approximate surface area is 136 Å². The second-order valence-electron chi connectivity index (χ2n) is 4.90. The maximum Gasteiger partial charge on any atom is 0.433 e. The van der Waals surface area contributed by atoms with Crippen molar-refractivity contribution in [2.24, 2.45) is 0 Å². The molecule has 1 atom stereocenters.